The summed E-state index contributed by atoms with van der Waals surface area (Å²) >= 11 is 1.74. The van der Waals surface area contributed by atoms with Crippen molar-refractivity contribution in [3.05, 3.63) is 22.4 Å². The zero-order valence-corrected chi connectivity index (χ0v) is 16.7. The Bertz CT molecular complexity index is 550. The predicted octanol–water partition coefficient (Wildman–Crippen LogP) is 4.61. The van der Waals surface area contributed by atoms with Gasteiger partial charge >= 0.3 is 0 Å². The summed E-state index contributed by atoms with van der Waals surface area (Å²) in [6.45, 7) is 3.08. The Kier molecular flexibility index (Phi) is 6.45. The van der Waals surface area contributed by atoms with Crippen molar-refractivity contribution in [3.8, 4) is 0 Å². The van der Waals surface area contributed by atoms with Crippen molar-refractivity contribution < 1.29 is 4.79 Å². The van der Waals surface area contributed by atoms with E-state index in [0.29, 0.717) is 23.3 Å². The summed E-state index contributed by atoms with van der Waals surface area (Å²) in [5, 5.41) is 7.82. The molecule has 1 aromatic heterocycles. The minimum Gasteiger partial charge on any atom is -0.335 e. The molecule has 25 heavy (non-hydrogen) atoms. The Labute approximate surface area is 162 Å². The molecule has 1 atom stereocenters. The monoisotopic (exact) mass is 382 g/mol. The van der Waals surface area contributed by atoms with Gasteiger partial charge < -0.3 is 10.2 Å². The van der Waals surface area contributed by atoms with Crippen molar-refractivity contribution in [1.29, 1.82) is 0 Å². The molecule has 2 saturated carbocycles. The molecule has 4 rings (SSSR count). The zero-order chi connectivity index (χ0) is 16.4. The third kappa shape index (κ3) is 4.40. The molecular weight excluding hydrogens is 352 g/mol. The predicted molar refractivity (Wildman–Crippen MR) is 106 cm³/mol. The quantitative estimate of drug-likeness (QED) is 0.806. The van der Waals surface area contributed by atoms with Crippen LogP contribution in [0.25, 0.3) is 0 Å². The second-order valence-corrected chi connectivity index (χ2v) is 8.97. The first-order chi connectivity index (χ1) is 11.8. The van der Waals surface area contributed by atoms with E-state index in [2.05, 4.69) is 27.0 Å². The maximum atomic E-state index is 13.2. The summed E-state index contributed by atoms with van der Waals surface area (Å²) in [4.78, 5) is 15.4. The van der Waals surface area contributed by atoms with Crippen LogP contribution in [0.3, 0.4) is 0 Å². The molecule has 1 saturated heterocycles. The van der Waals surface area contributed by atoms with Crippen LogP contribution in [0.1, 0.15) is 63.4 Å². The number of nitrogens with zero attached hydrogens (tertiary/aromatic N) is 1. The van der Waals surface area contributed by atoms with Crippen LogP contribution >= 0.6 is 23.7 Å². The molecule has 1 amide bonds. The van der Waals surface area contributed by atoms with E-state index in [-0.39, 0.29) is 12.4 Å². The molecule has 0 aromatic carbocycles. The molecule has 3 nitrogen and oxygen atoms in total. The van der Waals surface area contributed by atoms with E-state index in [1.54, 1.807) is 11.3 Å². The van der Waals surface area contributed by atoms with Crippen molar-refractivity contribution in [3.63, 3.8) is 0 Å². The number of carbonyl (C=O) groups excluding carboxylic acids is 1. The fraction of sp³-hybridized carbons (Fsp3) is 0.750. The first-order valence-corrected chi connectivity index (χ1v) is 10.7. The molecule has 140 valence electrons. The van der Waals surface area contributed by atoms with Crippen molar-refractivity contribution >= 4 is 29.7 Å². The number of piperidine rings is 1. The van der Waals surface area contributed by atoms with Gasteiger partial charge in [-0.15, -0.1) is 12.4 Å². The third-order valence-corrected chi connectivity index (χ3v) is 7.30. The van der Waals surface area contributed by atoms with E-state index in [4.69, 9.17) is 0 Å². The fourth-order valence-electron chi connectivity index (χ4n) is 4.94. The number of thiophene rings is 1. The van der Waals surface area contributed by atoms with E-state index in [9.17, 15) is 4.79 Å². The van der Waals surface area contributed by atoms with Crippen LogP contribution in [-0.4, -0.2) is 29.9 Å². The summed E-state index contributed by atoms with van der Waals surface area (Å²) in [5.41, 5.74) is 1.75. The van der Waals surface area contributed by atoms with Gasteiger partial charge in [0.15, 0.2) is 0 Å². The van der Waals surface area contributed by atoms with E-state index < -0.39 is 0 Å². The first-order valence-electron chi connectivity index (χ1n) is 9.78. The van der Waals surface area contributed by atoms with Crippen LogP contribution in [0, 0.1) is 11.3 Å². The Morgan fingerprint density at radius 2 is 2.00 bits per heavy atom. The highest BCUT2D eigenvalue weighted by Crippen LogP contribution is 2.56. The Hall–Kier alpha value is -0.580. The molecule has 2 aliphatic carbocycles. The van der Waals surface area contributed by atoms with Crippen molar-refractivity contribution in [2.75, 3.05) is 13.1 Å². The summed E-state index contributed by atoms with van der Waals surface area (Å²) in [5.74, 6) is 1.06. The fourth-order valence-corrected chi connectivity index (χ4v) is 5.60. The largest absolute Gasteiger partial charge is 0.335 e. The lowest BCUT2D eigenvalue weighted by Gasteiger charge is -2.31. The third-order valence-electron chi connectivity index (χ3n) is 6.56. The summed E-state index contributed by atoms with van der Waals surface area (Å²) in [6, 6.07) is 2.68. The Balaban J connectivity index is 0.00000182. The average molecular weight is 383 g/mol. The van der Waals surface area contributed by atoms with Crippen molar-refractivity contribution in [2.24, 2.45) is 11.3 Å². The molecule has 2 heterocycles. The maximum absolute atomic E-state index is 13.2. The number of carbonyl (C=O) groups is 1. The molecule has 1 spiro atoms. The molecule has 1 unspecified atom stereocenters. The van der Waals surface area contributed by atoms with Gasteiger partial charge in [-0.05, 0) is 78.9 Å². The van der Waals surface area contributed by atoms with E-state index in [1.807, 2.05) is 0 Å². The number of hydrogen-bond donors (Lipinski definition) is 1. The first kappa shape index (κ1) is 19.2. The lowest BCUT2D eigenvalue weighted by molar-refractivity contribution is -0.134. The number of halogens is 1. The molecule has 3 fully saturated rings. The number of nitrogens with one attached hydrogen (secondary N) is 1. The number of rotatable bonds is 5. The minimum absolute atomic E-state index is 0. The molecule has 1 N–H and O–H groups in total. The topological polar surface area (TPSA) is 32.3 Å². The van der Waals surface area contributed by atoms with E-state index in [1.165, 1.54) is 56.9 Å². The van der Waals surface area contributed by atoms with E-state index in [0.717, 1.165) is 26.1 Å². The normalized spacial score (nSPS) is 25.4. The molecular formula is C20H31ClN2OS. The van der Waals surface area contributed by atoms with Crippen LogP contribution in [0.2, 0.25) is 0 Å². The summed E-state index contributed by atoms with van der Waals surface area (Å²) < 4.78 is 0. The number of amides is 1. The van der Waals surface area contributed by atoms with Gasteiger partial charge in [0.05, 0.1) is 0 Å². The highest BCUT2D eigenvalue weighted by atomic mass is 35.5. The van der Waals surface area contributed by atoms with Crippen LogP contribution < -0.4 is 5.32 Å². The van der Waals surface area contributed by atoms with Crippen molar-refractivity contribution in [2.45, 2.75) is 70.4 Å². The highest BCUT2D eigenvalue weighted by Gasteiger charge is 2.57. The van der Waals surface area contributed by atoms with Crippen LogP contribution in [0.15, 0.2) is 16.8 Å². The SMILES string of the molecule is Cl.O=C(CC1CCCCC1)N(Cc1ccsc1)C1CC12CCNCC2. The van der Waals surface area contributed by atoms with Gasteiger partial charge in [-0.2, -0.15) is 11.3 Å². The molecule has 0 bridgehead atoms. The van der Waals surface area contributed by atoms with Gasteiger partial charge in [-0.3, -0.25) is 4.79 Å². The zero-order valence-electron chi connectivity index (χ0n) is 15.0. The highest BCUT2D eigenvalue weighted by molar-refractivity contribution is 7.07. The Morgan fingerprint density at radius 3 is 2.68 bits per heavy atom. The van der Waals surface area contributed by atoms with Crippen LogP contribution in [-0.2, 0) is 11.3 Å². The van der Waals surface area contributed by atoms with Crippen LogP contribution in [0.4, 0.5) is 0 Å². The minimum atomic E-state index is 0. The van der Waals surface area contributed by atoms with Gasteiger partial charge in [-0.25, -0.2) is 0 Å². The Morgan fingerprint density at radius 1 is 1.24 bits per heavy atom. The second-order valence-electron chi connectivity index (χ2n) is 8.19. The van der Waals surface area contributed by atoms with Gasteiger partial charge in [0.2, 0.25) is 5.91 Å². The molecule has 1 aromatic rings. The smallest absolute Gasteiger partial charge is 0.223 e. The lowest BCUT2D eigenvalue weighted by atomic mass is 9.86. The molecule has 5 heteroatoms. The van der Waals surface area contributed by atoms with E-state index >= 15 is 0 Å². The van der Waals surface area contributed by atoms with Gasteiger partial charge in [0.1, 0.15) is 0 Å². The summed E-state index contributed by atoms with van der Waals surface area (Å²) in [7, 11) is 0. The van der Waals surface area contributed by atoms with Gasteiger partial charge in [0, 0.05) is 19.0 Å². The van der Waals surface area contributed by atoms with Gasteiger partial charge in [0.25, 0.3) is 0 Å². The molecule has 0 radical (unpaired) electrons. The summed E-state index contributed by atoms with van der Waals surface area (Å²) in [6.07, 6.45) is 11.0. The number of hydrogen-bond acceptors (Lipinski definition) is 3. The second kappa shape index (κ2) is 8.41. The van der Waals surface area contributed by atoms with Crippen molar-refractivity contribution in [1.82, 2.24) is 10.2 Å². The molecule has 3 aliphatic rings. The van der Waals surface area contributed by atoms with Gasteiger partial charge in [-0.1, -0.05) is 19.3 Å². The average Bonchev–Trinajstić information content (AvgIpc) is 3.05. The lowest BCUT2D eigenvalue weighted by Crippen LogP contribution is -2.39. The molecule has 1 aliphatic heterocycles. The maximum Gasteiger partial charge on any atom is 0.223 e. The van der Waals surface area contributed by atoms with Crippen LogP contribution in [0.5, 0.6) is 0 Å². The standard InChI is InChI=1S/C20H30N2OS.ClH/c23-19(12-16-4-2-1-3-5-16)22(14-17-6-11-24-15-17)18-13-20(18)7-9-21-10-8-20;/h6,11,15-16,18,21H,1-5,7-10,12-14H2;1H.